The van der Waals surface area contributed by atoms with E-state index >= 15 is 0 Å². The molecule has 3 rings (SSSR count). The number of rotatable bonds is 5. The highest BCUT2D eigenvalue weighted by Crippen LogP contribution is 2.14. The Bertz CT molecular complexity index is 650. The first kappa shape index (κ1) is 16.4. The number of para-hydroxylation sites is 1. The molecule has 0 atom stereocenters. The number of benzene rings is 1. The summed E-state index contributed by atoms with van der Waals surface area (Å²) in [5.41, 5.74) is 0.801. The zero-order valence-electron chi connectivity index (χ0n) is 13.9. The van der Waals surface area contributed by atoms with E-state index in [9.17, 15) is 4.79 Å². The molecule has 0 bridgehead atoms. The van der Waals surface area contributed by atoms with Crippen LogP contribution in [-0.2, 0) is 13.0 Å². The summed E-state index contributed by atoms with van der Waals surface area (Å²) >= 11 is 0. The maximum Gasteiger partial charge on any atom is 0.319 e. The molecule has 2 amide bonds. The molecule has 2 aromatic rings. The molecule has 1 aliphatic heterocycles. The third-order valence-corrected chi connectivity index (χ3v) is 4.14. The highest BCUT2D eigenvalue weighted by atomic mass is 16.5. The second-order valence-corrected chi connectivity index (χ2v) is 5.97. The number of carbonyl (C=O) groups excluding carboxylic acids is 1. The van der Waals surface area contributed by atoms with Crippen molar-refractivity contribution in [3.8, 4) is 0 Å². The van der Waals surface area contributed by atoms with Crippen molar-refractivity contribution in [2.75, 3.05) is 18.4 Å². The molecule has 2 heterocycles. The van der Waals surface area contributed by atoms with Gasteiger partial charge in [0.05, 0.1) is 6.54 Å². The van der Waals surface area contributed by atoms with Crippen molar-refractivity contribution in [2.45, 2.75) is 38.8 Å². The average Bonchev–Trinajstić information content (AvgIpc) is 3.05. The van der Waals surface area contributed by atoms with Gasteiger partial charge in [-0.2, -0.15) is 4.98 Å². The molecule has 0 unspecified atom stereocenters. The first-order valence-corrected chi connectivity index (χ1v) is 8.39. The number of aromatic nitrogens is 2. The zero-order chi connectivity index (χ0) is 16.8. The summed E-state index contributed by atoms with van der Waals surface area (Å²) < 4.78 is 5.23. The standard InChI is InChI=1S/C17H23N5O2/c1-2-15-20-16(24-21-15)12-22-10-8-14(9-11-22)19-17(23)18-13-6-4-3-5-7-13/h3-7,14H,2,8-12H2,1H3,(H2,18,19,23). The van der Waals surface area contributed by atoms with E-state index in [1.54, 1.807) is 0 Å². The summed E-state index contributed by atoms with van der Waals surface area (Å²) in [4.78, 5) is 18.6. The number of urea groups is 1. The molecular formula is C17H23N5O2. The van der Waals surface area contributed by atoms with Crippen LogP contribution in [0.4, 0.5) is 10.5 Å². The fourth-order valence-corrected chi connectivity index (χ4v) is 2.80. The van der Waals surface area contributed by atoms with Crippen LogP contribution in [0, 0.1) is 0 Å². The Morgan fingerprint density at radius 1 is 1.29 bits per heavy atom. The second-order valence-electron chi connectivity index (χ2n) is 5.97. The largest absolute Gasteiger partial charge is 0.338 e. The Labute approximate surface area is 141 Å². The van der Waals surface area contributed by atoms with Gasteiger partial charge in [-0.25, -0.2) is 4.79 Å². The van der Waals surface area contributed by atoms with Gasteiger partial charge in [0.1, 0.15) is 0 Å². The van der Waals surface area contributed by atoms with E-state index in [4.69, 9.17) is 4.52 Å². The molecule has 24 heavy (non-hydrogen) atoms. The number of amides is 2. The van der Waals surface area contributed by atoms with Crippen LogP contribution in [0.5, 0.6) is 0 Å². The lowest BCUT2D eigenvalue weighted by Gasteiger charge is -2.31. The number of nitrogens with zero attached hydrogens (tertiary/aromatic N) is 3. The van der Waals surface area contributed by atoms with Crippen LogP contribution in [-0.4, -0.2) is 40.2 Å². The normalized spacial score (nSPS) is 16.0. The van der Waals surface area contributed by atoms with Crippen LogP contribution in [0.2, 0.25) is 0 Å². The molecule has 0 saturated carbocycles. The predicted molar refractivity (Wildman–Crippen MR) is 90.6 cm³/mol. The number of aryl methyl sites for hydroxylation is 1. The van der Waals surface area contributed by atoms with E-state index in [-0.39, 0.29) is 12.1 Å². The summed E-state index contributed by atoms with van der Waals surface area (Å²) in [5.74, 6) is 1.42. The van der Waals surface area contributed by atoms with Crippen molar-refractivity contribution in [3.63, 3.8) is 0 Å². The molecule has 128 valence electrons. The lowest BCUT2D eigenvalue weighted by atomic mass is 10.1. The van der Waals surface area contributed by atoms with Crippen molar-refractivity contribution in [1.82, 2.24) is 20.4 Å². The van der Waals surface area contributed by atoms with Crippen molar-refractivity contribution in [2.24, 2.45) is 0 Å². The highest BCUT2D eigenvalue weighted by molar-refractivity contribution is 5.89. The van der Waals surface area contributed by atoms with Gasteiger partial charge in [0, 0.05) is 31.2 Å². The van der Waals surface area contributed by atoms with E-state index in [0.717, 1.165) is 43.9 Å². The minimum Gasteiger partial charge on any atom is -0.338 e. The van der Waals surface area contributed by atoms with E-state index in [0.29, 0.717) is 12.4 Å². The van der Waals surface area contributed by atoms with E-state index < -0.39 is 0 Å². The molecule has 0 spiro atoms. The van der Waals surface area contributed by atoms with Crippen LogP contribution < -0.4 is 10.6 Å². The fraction of sp³-hybridized carbons (Fsp3) is 0.471. The molecule has 1 aromatic carbocycles. The maximum absolute atomic E-state index is 12.0. The molecule has 1 aliphatic rings. The first-order chi connectivity index (χ1) is 11.7. The Hall–Kier alpha value is -2.41. The lowest BCUT2D eigenvalue weighted by Crippen LogP contribution is -2.45. The minimum atomic E-state index is -0.149. The average molecular weight is 329 g/mol. The van der Waals surface area contributed by atoms with Crippen LogP contribution in [0.15, 0.2) is 34.9 Å². The van der Waals surface area contributed by atoms with Gasteiger partial charge in [-0.1, -0.05) is 30.3 Å². The van der Waals surface area contributed by atoms with E-state index in [1.807, 2.05) is 37.3 Å². The topological polar surface area (TPSA) is 83.3 Å². The van der Waals surface area contributed by atoms with Crippen LogP contribution in [0.1, 0.15) is 31.5 Å². The summed E-state index contributed by atoms with van der Waals surface area (Å²) in [6.45, 7) is 4.49. The molecule has 7 nitrogen and oxygen atoms in total. The zero-order valence-corrected chi connectivity index (χ0v) is 13.9. The molecule has 0 aliphatic carbocycles. The number of likely N-dealkylation sites (tertiary alicyclic amines) is 1. The van der Waals surface area contributed by atoms with Gasteiger partial charge in [-0.15, -0.1) is 0 Å². The van der Waals surface area contributed by atoms with Gasteiger partial charge >= 0.3 is 6.03 Å². The van der Waals surface area contributed by atoms with Gasteiger partial charge in [-0.3, -0.25) is 4.90 Å². The molecule has 1 saturated heterocycles. The smallest absolute Gasteiger partial charge is 0.319 e. The van der Waals surface area contributed by atoms with Crippen molar-refractivity contribution in [3.05, 3.63) is 42.0 Å². The molecule has 7 heteroatoms. The quantitative estimate of drug-likeness (QED) is 0.880. The fourth-order valence-electron chi connectivity index (χ4n) is 2.80. The highest BCUT2D eigenvalue weighted by Gasteiger charge is 2.22. The summed E-state index contributed by atoms with van der Waals surface area (Å²) in [6, 6.07) is 9.51. The summed E-state index contributed by atoms with van der Waals surface area (Å²) in [6.07, 6.45) is 2.61. The molecule has 1 fully saturated rings. The van der Waals surface area contributed by atoms with Crippen molar-refractivity contribution in [1.29, 1.82) is 0 Å². The number of hydrogen-bond donors (Lipinski definition) is 2. The lowest BCUT2D eigenvalue weighted by molar-refractivity contribution is 0.171. The van der Waals surface area contributed by atoms with Crippen molar-refractivity contribution >= 4 is 11.7 Å². The number of hydrogen-bond acceptors (Lipinski definition) is 5. The van der Waals surface area contributed by atoms with Gasteiger partial charge in [0.25, 0.3) is 0 Å². The van der Waals surface area contributed by atoms with Gasteiger partial charge in [-0.05, 0) is 25.0 Å². The molecule has 0 radical (unpaired) electrons. The van der Waals surface area contributed by atoms with Gasteiger partial charge in [0.15, 0.2) is 5.82 Å². The summed E-state index contributed by atoms with van der Waals surface area (Å²) in [5, 5.41) is 9.81. The monoisotopic (exact) mass is 329 g/mol. The first-order valence-electron chi connectivity index (χ1n) is 8.39. The SMILES string of the molecule is CCc1noc(CN2CCC(NC(=O)Nc3ccccc3)CC2)n1. The van der Waals surface area contributed by atoms with E-state index in [1.165, 1.54) is 0 Å². The Morgan fingerprint density at radius 2 is 2.04 bits per heavy atom. The van der Waals surface area contributed by atoms with Gasteiger partial charge < -0.3 is 15.2 Å². The van der Waals surface area contributed by atoms with Crippen LogP contribution in [0.3, 0.4) is 0 Å². The van der Waals surface area contributed by atoms with Crippen molar-refractivity contribution < 1.29 is 9.32 Å². The molecule has 1 aromatic heterocycles. The predicted octanol–water partition coefficient (Wildman–Crippen LogP) is 2.42. The number of nitrogens with one attached hydrogen (secondary N) is 2. The third kappa shape index (κ3) is 4.55. The van der Waals surface area contributed by atoms with Crippen LogP contribution >= 0.6 is 0 Å². The molecule has 2 N–H and O–H groups in total. The van der Waals surface area contributed by atoms with Crippen LogP contribution in [0.25, 0.3) is 0 Å². The third-order valence-electron chi connectivity index (χ3n) is 4.14. The molecular weight excluding hydrogens is 306 g/mol. The second kappa shape index (κ2) is 7.92. The maximum atomic E-state index is 12.0. The van der Waals surface area contributed by atoms with E-state index in [2.05, 4.69) is 25.7 Å². The van der Waals surface area contributed by atoms with Gasteiger partial charge in [0.2, 0.25) is 5.89 Å². The summed E-state index contributed by atoms with van der Waals surface area (Å²) in [7, 11) is 0. The Balaban J connectivity index is 1.41. The number of carbonyl (C=O) groups is 1. The number of anilines is 1. The Kier molecular flexibility index (Phi) is 5.43. The number of piperidine rings is 1. The Morgan fingerprint density at radius 3 is 2.71 bits per heavy atom. The minimum absolute atomic E-state index is 0.149.